The second kappa shape index (κ2) is 7.90. The van der Waals surface area contributed by atoms with Gasteiger partial charge in [-0.15, -0.1) is 0 Å². The molecule has 4 aromatic rings. The third-order valence-corrected chi connectivity index (χ3v) is 5.52. The van der Waals surface area contributed by atoms with Gasteiger partial charge in [-0.25, -0.2) is 15.0 Å². The lowest BCUT2D eigenvalue weighted by atomic mass is 10.0. The Morgan fingerprint density at radius 3 is 2.61 bits per heavy atom. The first-order valence-corrected chi connectivity index (χ1v) is 10.7. The van der Waals surface area contributed by atoms with E-state index < -0.39 is 5.60 Å². The third-order valence-electron chi connectivity index (χ3n) is 5.52. The highest BCUT2D eigenvalue weighted by Gasteiger charge is 2.21. The van der Waals surface area contributed by atoms with Crippen molar-refractivity contribution in [3.63, 3.8) is 0 Å². The van der Waals surface area contributed by atoms with Gasteiger partial charge in [0.15, 0.2) is 11.6 Å². The summed E-state index contributed by atoms with van der Waals surface area (Å²) < 4.78 is 11.6. The zero-order valence-corrected chi connectivity index (χ0v) is 17.8. The van der Waals surface area contributed by atoms with Gasteiger partial charge >= 0.3 is 0 Å². The van der Waals surface area contributed by atoms with Crippen molar-refractivity contribution in [3.8, 4) is 11.5 Å². The molecule has 0 bridgehead atoms. The lowest BCUT2D eigenvalue weighted by Crippen LogP contribution is -2.37. The number of pyridine rings is 1. The minimum Gasteiger partial charge on any atom is -0.454 e. The quantitative estimate of drug-likeness (QED) is 0.525. The molecule has 1 fully saturated rings. The number of hydrogen-bond acceptors (Lipinski definition) is 7. The van der Waals surface area contributed by atoms with Crippen molar-refractivity contribution in [1.29, 1.82) is 0 Å². The Morgan fingerprint density at radius 1 is 1.03 bits per heavy atom. The van der Waals surface area contributed by atoms with Crippen molar-refractivity contribution >= 4 is 27.8 Å². The second-order valence-electron chi connectivity index (χ2n) is 8.59. The summed E-state index contributed by atoms with van der Waals surface area (Å²) in [5, 5.41) is 11.2. The van der Waals surface area contributed by atoms with Crippen LogP contribution in [0.5, 0.6) is 0 Å². The summed E-state index contributed by atoms with van der Waals surface area (Å²) in [6.07, 6.45) is 1.19. The molecule has 7 nitrogen and oxygen atoms in total. The normalized spacial score (nSPS) is 15.1. The van der Waals surface area contributed by atoms with Crippen LogP contribution in [0.1, 0.15) is 26.1 Å². The number of anilines is 1. The Kier molecular flexibility index (Phi) is 5.08. The average Bonchev–Trinajstić information content (AvgIpc) is 3.21. The number of hydrogen-bond donors (Lipinski definition) is 1. The van der Waals surface area contributed by atoms with Crippen molar-refractivity contribution < 1.29 is 14.3 Å². The number of para-hydroxylation sites is 1. The Labute approximate surface area is 180 Å². The summed E-state index contributed by atoms with van der Waals surface area (Å²) in [5.74, 6) is 2.26. The van der Waals surface area contributed by atoms with Crippen LogP contribution in [-0.2, 0) is 11.2 Å². The number of aryl methyl sites for hydroxylation is 1. The Hall–Kier alpha value is -3.03. The summed E-state index contributed by atoms with van der Waals surface area (Å²) in [6, 6.07) is 13.9. The number of benzene rings is 1. The highest BCUT2D eigenvalue weighted by molar-refractivity contribution is 5.89. The van der Waals surface area contributed by atoms with Crippen LogP contribution < -0.4 is 4.90 Å². The summed E-state index contributed by atoms with van der Waals surface area (Å²) in [7, 11) is 0. The standard InChI is InChI=1S/C24H26N4O3/c1-24(2,29)10-9-21-25-18-8-7-17(20-15-16-5-3-4-6-19(16)31-20)26-22(18)23(27-21)28-11-13-30-14-12-28/h3-8,15,29H,9-14H2,1-2H3. The Bertz CT molecular complexity index is 1190. The molecule has 3 aromatic heterocycles. The van der Waals surface area contributed by atoms with Gasteiger partial charge in [-0.1, -0.05) is 18.2 Å². The van der Waals surface area contributed by atoms with Crippen LogP contribution in [0.15, 0.2) is 46.9 Å². The van der Waals surface area contributed by atoms with Crippen molar-refractivity contribution in [2.24, 2.45) is 0 Å². The maximum Gasteiger partial charge on any atom is 0.159 e. The van der Waals surface area contributed by atoms with E-state index in [1.807, 2.05) is 42.5 Å². The molecule has 0 amide bonds. The highest BCUT2D eigenvalue weighted by atomic mass is 16.5. The molecule has 160 valence electrons. The van der Waals surface area contributed by atoms with Crippen molar-refractivity contribution in [2.75, 3.05) is 31.2 Å². The van der Waals surface area contributed by atoms with Crippen LogP contribution in [0, 0.1) is 0 Å². The maximum atomic E-state index is 10.1. The van der Waals surface area contributed by atoms with Crippen molar-refractivity contribution in [3.05, 3.63) is 48.3 Å². The minimum atomic E-state index is -0.763. The molecule has 0 unspecified atom stereocenters. The fourth-order valence-corrected chi connectivity index (χ4v) is 3.82. The first kappa shape index (κ1) is 19.9. The van der Waals surface area contributed by atoms with E-state index >= 15 is 0 Å². The molecular formula is C24H26N4O3. The van der Waals surface area contributed by atoms with Gasteiger partial charge < -0.3 is 19.2 Å². The number of ether oxygens (including phenoxy) is 1. The number of furan rings is 1. The van der Waals surface area contributed by atoms with Gasteiger partial charge in [0.2, 0.25) is 0 Å². The van der Waals surface area contributed by atoms with E-state index in [4.69, 9.17) is 24.1 Å². The van der Waals surface area contributed by atoms with Gasteiger partial charge in [0, 0.05) is 24.9 Å². The molecule has 5 rings (SSSR count). The highest BCUT2D eigenvalue weighted by Crippen LogP contribution is 2.30. The number of aromatic nitrogens is 3. The van der Waals surface area contributed by atoms with Crippen molar-refractivity contribution in [2.45, 2.75) is 32.3 Å². The van der Waals surface area contributed by atoms with Gasteiger partial charge in [0.25, 0.3) is 0 Å². The fraction of sp³-hybridized carbons (Fsp3) is 0.375. The van der Waals surface area contributed by atoms with Gasteiger partial charge in [-0.3, -0.25) is 0 Å². The zero-order valence-electron chi connectivity index (χ0n) is 17.8. The van der Waals surface area contributed by atoms with E-state index in [1.165, 1.54) is 0 Å². The molecule has 1 aliphatic heterocycles. The molecule has 31 heavy (non-hydrogen) atoms. The molecule has 0 radical (unpaired) electrons. The van der Waals surface area contributed by atoms with Crippen LogP contribution in [0.3, 0.4) is 0 Å². The molecule has 0 aliphatic carbocycles. The van der Waals surface area contributed by atoms with Crippen LogP contribution in [0.4, 0.5) is 5.82 Å². The lowest BCUT2D eigenvalue weighted by molar-refractivity contribution is 0.0708. The van der Waals surface area contributed by atoms with Crippen LogP contribution in [-0.4, -0.2) is 52.0 Å². The molecule has 0 spiro atoms. The smallest absolute Gasteiger partial charge is 0.159 e. The Balaban J connectivity index is 1.59. The SMILES string of the molecule is CC(C)(O)CCc1nc(N2CCOCC2)c2nc(-c3cc4ccccc4o3)ccc2n1. The number of fused-ring (bicyclic) bond motifs is 2. The number of morpholine rings is 1. The molecule has 4 heterocycles. The molecule has 1 aromatic carbocycles. The topological polar surface area (TPSA) is 84.5 Å². The summed E-state index contributed by atoms with van der Waals surface area (Å²) in [5.41, 5.74) is 2.38. The minimum absolute atomic E-state index is 0.589. The van der Waals surface area contributed by atoms with E-state index in [1.54, 1.807) is 13.8 Å². The average molecular weight is 418 g/mol. The van der Waals surface area contributed by atoms with E-state index in [0.29, 0.717) is 26.1 Å². The van der Waals surface area contributed by atoms with E-state index in [-0.39, 0.29) is 0 Å². The molecule has 1 saturated heterocycles. The van der Waals surface area contributed by atoms with Crippen LogP contribution >= 0.6 is 0 Å². The predicted molar refractivity (Wildman–Crippen MR) is 120 cm³/mol. The molecule has 1 N–H and O–H groups in total. The molecule has 0 atom stereocenters. The molecule has 7 heteroatoms. The van der Waals surface area contributed by atoms with Crippen molar-refractivity contribution in [1.82, 2.24) is 15.0 Å². The van der Waals surface area contributed by atoms with Gasteiger partial charge in [0.1, 0.15) is 22.6 Å². The van der Waals surface area contributed by atoms with E-state index in [9.17, 15) is 5.11 Å². The first-order valence-electron chi connectivity index (χ1n) is 10.7. The summed E-state index contributed by atoms with van der Waals surface area (Å²) in [4.78, 5) is 16.7. The second-order valence-corrected chi connectivity index (χ2v) is 8.59. The van der Waals surface area contributed by atoms with E-state index in [0.717, 1.165) is 58.2 Å². The zero-order chi connectivity index (χ0) is 21.4. The summed E-state index contributed by atoms with van der Waals surface area (Å²) in [6.45, 7) is 6.44. The summed E-state index contributed by atoms with van der Waals surface area (Å²) >= 11 is 0. The molecule has 0 saturated carbocycles. The maximum absolute atomic E-state index is 10.1. The number of nitrogens with zero attached hydrogens (tertiary/aromatic N) is 4. The lowest BCUT2D eigenvalue weighted by Gasteiger charge is -2.28. The van der Waals surface area contributed by atoms with E-state index in [2.05, 4.69) is 4.90 Å². The van der Waals surface area contributed by atoms with Gasteiger partial charge in [-0.2, -0.15) is 0 Å². The van der Waals surface area contributed by atoms with Crippen LogP contribution in [0.25, 0.3) is 33.5 Å². The number of aliphatic hydroxyl groups is 1. The predicted octanol–water partition coefficient (Wildman–Crippen LogP) is 3.98. The number of rotatable bonds is 5. The largest absolute Gasteiger partial charge is 0.454 e. The Morgan fingerprint density at radius 2 is 1.84 bits per heavy atom. The fourth-order valence-electron chi connectivity index (χ4n) is 3.82. The van der Waals surface area contributed by atoms with Gasteiger partial charge in [0.05, 0.1) is 24.3 Å². The monoisotopic (exact) mass is 418 g/mol. The van der Waals surface area contributed by atoms with Crippen LogP contribution in [0.2, 0.25) is 0 Å². The third kappa shape index (κ3) is 4.24. The first-order chi connectivity index (χ1) is 15.0. The molecular weight excluding hydrogens is 392 g/mol. The molecule has 1 aliphatic rings. The van der Waals surface area contributed by atoms with Gasteiger partial charge in [-0.05, 0) is 44.5 Å².